The number of nitrogens with zero attached hydrogens (tertiary/aromatic N) is 1. The van der Waals surface area contributed by atoms with E-state index < -0.39 is 0 Å². The number of nitrogens with one attached hydrogen (secondary N) is 3. The minimum absolute atomic E-state index is 0.0550. The summed E-state index contributed by atoms with van der Waals surface area (Å²) in [5, 5.41) is 8.58. The molecule has 25 heavy (non-hydrogen) atoms. The number of aromatic nitrogens is 1. The van der Waals surface area contributed by atoms with Gasteiger partial charge in [0.15, 0.2) is 0 Å². The van der Waals surface area contributed by atoms with Gasteiger partial charge in [-0.25, -0.2) is 4.79 Å². The third kappa shape index (κ3) is 5.04. The Hall–Kier alpha value is -2.89. The van der Waals surface area contributed by atoms with E-state index in [1.807, 2.05) is 12.1 Å². The van der Waals surface area contributed by atoms with Crippen LogP contribution < -0.4 is 16.0 Å². The maximum Gasteiger partial charge on any atom is 0.319 e. The Morgan fingerprint density at radius 3 is 2.36 bits per heavy atom. The SMILES string of the molecule is O=C(NCc1ccncc1)Nc1ccc(C(=O)NC2CCCC2)cc1. The van der Waals surface area contributed by atoms with Crippen LogP contribution in [0.5, 0.6) is 0 Å². The van der Waals surface area contributed by atoms with Crippen LogP contribution in [0.2, 0.25) is 0 Å². The largest absolute Gasteiger partial charge is 0.349 e. The van der Waals surface area contributed by atoms with E-state index in [1.54, 1.807) is 36.7 Å². The second kappa shape index (κ2) is 8.28. The predicted octanol–water partition coefficient (Wildman–Crippen LogP) is 3.08. The van der Waals surface area contributed by atoms with Crippen LogP contribution in [0.3, 0.4) is 0 Å². The first-order valence-corrected chi connectivity index (χ1v) is 8.55. The van der Waals surface area contributed by atoms with Gasteiger partial charge in [0.25, 0.3) is 5.91 Å². The van der Waals surface area contributed by atoms with E-state index in [0.717, 1.165) is 18.4 Å². The zero-order chi connectivity index (χ0) is 17.5. The number of hydrogen-bond donors (Lipinski definition) is 3. The quantitative estimate of drug-likeness (QED) is 0.783. The molecule has 6 heteroatoms. The molecule has 1 heterocycles. The van der Waals surface area contributed by atoms with E-state index >= 15 is 0 Å². The van der Waals surface area contributed by atoms with Crippen molar-refractivity contribution in [2.75, 3.05) is 5.32 Å². The van der Waals surface area contributed by atoms with E-state index in [9.17, 15) is 9.59 Å². The topological polar surface area (TPSA) is 83.1 Å². The number of benzene rings is 1. The smallest absolute Gasteiger partial charge is 0.319 e. The monoisotopic (exact) mass is 338 g/mol. The van der Waals surface area contributed by atoms with E-state index in [-0.39, 0.29) is 11.9 Å². The highest BCUT2D eigenvalue weighted by atomic mass is 16.2. The van der Waals surface area contributed by atoms with E-state index in [4.69, 9.17) is 0 Å². The summed E-state index contributed by atoms with van der Waals surface area (Å²) in [4.78, 5) is 28.0. The fourth-order valence-electron chi connectivity index (χ4n) is 2.90. The van der Waals surface area contributed by atoms with Gasteiger partial charge in [-0.2, -0.15) is 0 Å². The van der Waals surface area contributed by atoms with Gasteiger partial charge in [-0.1, -0.05) is 12.8 Å². The highest BCUT2D eigenvalue weighted by Gasteiger charge is 2.17. The maximum atomic E-state index is 12.2. The molecule has 0 atom stereocenters. The third-order valence-electron chi connectivity index (χ3n) is 4.30. The minimum atomic E-state index is -0.292. The van der Waals surface area contributed by atoms with Gasteiger partial charge in [-0.05, 0) is 54.8 Å². The van der Waals surface area contributed by atoms with Gasteiger partial charge in [-0.3, -0.25) is 9.78 Å². The van der Waals surface area contributed by atoms with Crippen molar-refractivity contribution in [3.05, 3.63) is 59.9 Å². The molecule has 2 aromatic rings. The molecule has 1 aromatic heterocycles. The summed E-state index contributed by atoms with van der Waals surface area (Å²) in [7, 11) is 0. The molecule has 6 nitrogen and oxygen atoms in total. The van der Waals surface area contributed by atoms with Crippen LogP contribution in [-0.4, -0.2) is 23.0 Å². The lowest BCUT2D eigenvalue weighted by molar-refractivity contribution is 0.0938. The molecule has 0 radical (unpaired) electrons. The second-order valence-electron chi connectivity index (χ2n) is 6.20. The fraction of sp³-hybridized carbons (Fsp3) is 0.316. The molecule has 0 aliphatic heterocycles. The van der Waals surface area contributed by atoms with Crippen LogP contribution in [0.1, 0.15) is 41.6 Å². The van der Waals surface area contributed by atoms with Crippen molar-refractivity contribution in [1.82, 2.24) is 15.6 Å². The highest BCUT2D eigenvalue weighted by molar-refractivity contribution is 5.95. The molecule has 1 aromatic carbocycles. The maximum absolute atomic E-state index is 12.2. The van der Waals surface area contributed by atoms with Crippen molar-refractivity contribution in [2.24, 2.45) is 0 Å². The van der Waals surface area contributed by atoms with Gasteiger partial charge in [0, 0.05) is 36.2 Å². The summed E-state index contributed by atoms with van der Waals surface area (Å²) in [6.07, 6.45) is 7.85. The lowest BCUT2D eigenvalue weighted by Gasteiger charge is -2.12. The number of amides is 3. The van der Waals surface area contributed by atoms with Crippen LogP contribution in [0.25, 0.3) is 0 Å². The van der Waals surface area contributed by atoms with Crippen molar-refractivity contribution in [3.8, 4) is 0 Å². The standard InChI is InChI=1S/C19H22N4O2/c24-18(22-16-3-1-2-4-16)15-5-7-17(8-6-15)23-19(25)21-13-14-9-11-20-12-10-14/h5-12,16H,1-4,13H2,(H,22,24)(H2,21,23,25). The first-order valence-electron chi connectivity index (χ1n) is 8.55. The van der Waals surface area contributed by atoms with Crippen LogP contribution in [0.15, 0.2) is 48.8 Å². The number of carbonyl (C=O) groups excluding carboxylic acids is 2. The summed E-state index contributed by atoms with van der Waals surface area (Å²) >= 11 is 0. The van der Waals surface area contributed by atoms with Crippen LogP contribution in [-0.2, 0) is 6.54 Å². The minimum Gasteiger partial charge on any atom is -0.349 e. The Morgan fingerprint density at radius 2 is 1.68 bits per heavy atom. The molecule has 1 fully saturated rings. The van der Waals surface area contributed by atoms with Crippen LogP contribution in [0.4, 0.5) is 10.5 Å². The van der Waals surface area contributed by atoms with Gasteiger partial charge in [-0.15, -0.1) is 0 Å². The lowest BCUT2D eigenvalue weighted by atomic mass is 10.1. The van der Waals surface area contributed by atoms with Crippen molar-refractivity contribution in [2.45, 2.75) is 38.3 Å². The first-order chi connectivity index (χ1) is 12.2. The van der Waals surface area contributed by atoms with E-state index in [0.29, 0.717) is 23.8 Å². The number of pyridine rings is 1. The van der Waals surface area contributed by atoms with Crippen molar-refractivity contribution >= 4 is 17.6 Å². The molecule has 1 aliphatic carbocycles. The summed E-state index contributed by atoms with van der Waals surface area (Å²) < 4.78 is 0. The molecular weight excluding hydrogens is 316 g/mol. The Kier molecular flexibility index (Phi) is 5.61. The number of carbonyl (C=O) groups is 2. The van der Waals surface area contributed by atoms with Crippen molar-refractivity contribution in [1.29, 1.82) is 0 Å². The molecule has 130 valence electrons. The number of anilines is 1. The average molecular weight is 338 g/mol. The predicted molar refractivity (Wildman–Crippen MR) is 96.3 cm³/mol. The summed E-state index contributed by atoms with van der Waals surface area (Å²) in [5.41, 5.74) is 2.23. The van der Waals surface area contributed by atoms with Gasteiger partial charge in [0.05, 0.1) is 0 Å². The van der Waals surface area contributed by atoms with E-state index in [1.165, 1.54) is 12.8 Å². The molecule has 0 bridgehead atoms. The number of hydrogen-bond acceptors (Lipinski definition) is 3. The molecule has 0 unspecified atom stereocenters. The molecule has 0 spiro atoms. The van der Waals surface area contributed by atoms with Gasteiger partial charge < -0.3 is 16.0 Å². The summed E-state index contributed by atoms with van der Waals surface area (Å²) in [5.74, 6) is -0.0550. The van der Waals surface area contributed by atoms with Crippen molar-refractivity contribution < 1.29 is 9.59 Å². The zero-order valence-corrected chi connectivity index (χ0v) is 14.0. The molecule has 3 rings (SSSR count). The normalized spacial score (nSPS) is 14.1. The van der Waals surface area contributed by atoms with E-state index in [2.05, 4.69) is 20.9 Å². The fourth-order valence-corrected chi connectivity index (χ4v) is 2.90. The zero-order valence-electron chi connectivity index (χ0n) is 14.0. The molecule has 1 aliphatic rings. The average Bonchev–Trinajstić information content (AvgIpc) is 3.14. The molecular formula is C19H22N4O2. The van der Waals surface area contributed by atoms with Gasteiger partial charge >= 0.3 is 6.03 Å². The van der Waals surface area contributed by atoms with Crippen molar-refractivity contribution in [3.63, 3.8) is 0 Å². The summed E-state index contributed by atoms with van der Waals surface area (Å²) in [6.45, 7) is 0.427. The Labute approximate surface area is 147 Å². The van der Waals surface area contributed by atoms with Crippen LogP contribution >= 0.6 is 0 Å². The molecule has 1 saturated carbocycles. The lowest BCUT2D eigenvalue weighted by Crippen LogP contribution is -2.32. The first kappa shape index (κ1) is 17.0. The Morgan fingerprint density at radius 1 is 1.00 bits per heavy atom. The van der Waals surface area contributed by atoms with Gasteiger partial charge in [0.2, 0.25) is 0 Å². The Bertz CT molecular complexity index is 710. The molecule has 3 amide bonds. The molecule has 0 saturated heterocycles. The van der Waals surface area contributed by atoms with Crippen LogP contribution in [0, 0.1) is 0 Å². The third-order valence-corrected chi connectivity index (χ3v) is 4.30. The number of rotatable bonds is 5. The summed E-state index contributed by atoms with van der Waals surface area (Å²) in [6, 6.07) is 10.6. The second-order valence-corrected chi connectivity index (χ2v) is 6.20. The Balaban J connectivity index is 1.48. The number of urea groups is 1. The molecule has 3 N–H and O–H groups in total. The van der Waals surface area contributed by atoms with Gasteiger partial charge in [0.1, 0.15) is 0 Å². The highest BCUT2D eigenvalue weighted by Crippen LogP contribution is 2.18.